The number of thiocarbonyl (C=S) groups is 1. The minimum Gasteiger partial charge on any atom is -0.393 e. The summed E-state index contributed by atoms with van der Waals surface area (Å²) < 4.78 is 0. The molecule has 0 spiro atoms. The summed E-state index contributed by atoms with van der Waals surface area (Å²) in [5, 5.41) is 0. The first-order valence-corrected chi connectivity index (χ1v) is 3.89. The zero-order valence-corrected chi connectivity index (χ0v) is 6.58. The second kappa shape index (κ2) is 2.65. The van der Waals surface area contributed by atoms with E-state index in [9.17, 15) is 0 Å². The largest absolute Gasteiger partial charge is 0.393 e. The Hall–Kier alpha value is -0.110. The van der Waals surface area contributed by atoms with Crippen molar-refractivity contribution < 1.29 is 0 Å². The molecule has 9 heavy (non-hydrogen) atoms. The molecule has 1 unspecified atom stereocenters. The maximum Gasteiger partial charge on any atom is 0.0730 e. The molecule has 0 aromatic heterocycles. The van der Waals surface area contributed by atoms with Crippen molar-refractivity contribution >= 4 is 17.2 Å². The lowest BCUT2D eigenvalue weighted by Crippen LogP contribution is -2.13. The van der Waals surface area contributed by atoms with E-state index in [0.29, 0.717) is 4.99 Å². The summed E-state index contributed by atoms with van der Waals surface area (Å²) in [6.07, 6.45) is 3.73. The van der Waals surface area contributed by atoms with Gasteiger partial charge < -0.3 is 5.73 Å². The van der Waals surface area contributed by atoms with Crippen LogP contribution in [0.3, 0.4) is 0 Å². The van der Waals surface area contributed by atoms with E-state index < -0.39 is 0 Å². The van der Waals surface area contributed by atoms with Crippen LogP contribution in [0.5, 0.6) is 0 Å². The SMILES string of the molecule is CC(CC(N)=S)C1CC1. The molecule has 1 atom stereocenters. The molecule has 52 valence electrons. The van der Waals surface area contributed by atoms with Gasteiger partial charge in [0.25, 0.3) is 0 Å². The molecular formula is C7H13NS. The van der Waals surface area contributed by atoms with Crippen molar-refractivity contribution in [2.24, 2.45) is 17.6 Å². The Bertz CT molecular complexity index is 118. The molecule has 0 bridgehead atoms. The van der Waals surface area contributed by atoms with Crippen LogP contribution in [0.25, 0.3) is 0 Å². The quantitative estimate of drug-likeness (QED) is 0.609. The van der Waals surface area contributed by atoms with E-state index in [2.05, 4.69) is 6.92 Å². The van der Waals surface area contributed by atoms with Gasteiger partial charge in [0.2, 0.25) is 0 Å². The molecule has 1 aliphatic carbocycles. The van der Waals surface area contributed by atoms with Crippen molar-refractivity contribution in [2.45, 2.75) is 26.2 Å². The zero-order chi connectivity index (χ0) is 6.85. The predicted octanol–water partition coefficient (Wildman–Crippen LogP) is 1.71. The van der Waals surface area contributed by atoms with Crippen LogP contribution in [0.15, 0.2) is 0 Å². The van der Waals surface area contributed by atoms with E-state index >= 15 is 0 Å². The molecule has 0 aromatic carbocycles. The molecule has 2 N–H and O–H groups in total. The van der Waals surface area contributed by atoms with Crippen LogP contribution >= 0.6 is 12.2 Å². The van der Waals surface area contributed by atoms with E-state index in [1.54, 1.807) is 0 Å². The summed E-state index contributed by atoms with van der Waals surface area (Å²) in [5.74, 6) is 1.67. The average molecular weight is 143 g/mol. The Morgan fingerprint density at radius 1 is 1.78 bits per heavy atom. The summed E-state index contributed by atoms with van der Waals surface area (Å²) in [6.45, 7) is 2.23. The maximum atomic E-state index is 5.39. The van der Waals surface area contributed by atoms with E-state index in [-0.39, 0.29) is 0 Å². The Morgan fingerprint density at radius 3 is 2.67 bits per heavy atom. The van der Waals surface area contributed by atoms with Gasteiger partial charge in [0.05, 0.1) is 4.99 Å². The fraction of sp³-hybridized carbons (Fsp3) is 0.857. The first kappa shape index (κ1) is 7.00. The lowest BCUT2D eigenvalue weighted by molar-refractivity contribution is 0.531. The van der Waals surface area contributed by atoms with E-state index in [4.69, 9.17) is 18.0 Å². The number of hydrogen-bond acceptors (Lipinski definition) is 1. The second-order valence-electron chi connectivity index (χ2n) is 2.99. The molecule has 1 saturated carbocycles. The average Bonchev–Trinajstić information content (AvgIpc) is 2.40. The second-order valence-corrected chi connectivity index (χ2v) is 3.51. The lowest BCUT2D eigenvalue weighted by atomic mass is 10.0. The smallest absolute Gasteiger partial charge is 0.0730 e. The van der Waals surface area contributed by atoms with Crippen molar-refractivity contribution in [2.75, 3.05) is 0 Å². The molecule has 0 aromatic rings. The normalized spacial score (nSPS) is 21.4. The predicted molar refractivity (Wildman–Crippen MR) is 43.3 cm³/mol. The van der Waals surface area contributed by atoms with Gasteiger partial charge in [0.1, 0.15) is 0 Å². The zero-order valence-electron chi connectivity index (χ0n) is 5.76. The van der Waals surface area contributed by atoms with Gasteiger partial charge >= 0.3 is 0 Å². The number of rotatable bonds is 3. The third-order valence-electron chi connectivity index (χ3n) is 1.95. The third kappa shape index (κ3) is 2.31. The van der Waals surface area contributed by atoms with Crippen LogP contribution in [0.2, 0.25) is 0 Å². The summed E-state index contributed by atoms with van der Waals surface area (Å²) in [6, 6.07) is 0. The van der Waals surface area contributed by atoms with Gasteiger partial charge in [-0.3, -0.25) is 0 Å². The summed E-state index contributed by atoms with van der Waals surface area (Å²) >= 11 is 4.80. The molecule has 0 saturated heterocycles. The minimum atomic E-state index is 0.675. The maximum absolute atomic E-state index is 5.39. The van der Waals surface area contributed by atoms with Gasteiger partial charge in [0.15, 0.2) is 0 Å². The highest BCUT2D eigenvalue weighted by Gasteiger charge is 2.27. The Labute approximate surface area is 61.6 Å². The summed E-state index contributed by atoms with van der Waals surface area (Å²) in [7, 11) is 0. The van der Waals surface area contributed by atoms with Crippen molar-refractivity contribution in [1.29, 1.82) is 0 Å². The van der Waals surface area contributed by atoms with E-state index in [1.165, 1.54) is 12.8 Å². The molecule has 0 radical (unpaired) electrons. The highest BCUT2D eigenvalue weighted by atomic mass is 32.1. The third-order valence-corrected chi connectivity index (χ3v) is 2.12. The van der Waals surface area contributed by atoms with Crippen LogP contribution in [0, 0.1) is 11.8 Å². The summed E-state index contributed by atoms with van der Waals surface area (Å²) in [4.78, 5) is 0.675. The molecule has 1 rings (SSSR count). The summed E-state index contributed by atoms with van der Waals surface area (Å²) in [5.41, 5.74) is 5.39. The van der Waals surface area contributed by atoms with Crippen LogP contribution in [-0.2, 0) is 0 Å². The molecule has 1 aliphatic rings. The van der Waals surface area contributed by atoms with Gasteiger partial charge in [-0.25, -0.2) is 0 Å². The Balaban J connectivity index is 2.17. The lowest BCUT2D eigenvalue weighted by Gasteiger charge is -2.06. The van der Waals surface area contributed by atoms with Gasteiger partial charge in [-0.1, -0.05) is 19.1 Å². The van der Waals surface area contributed by atoms with Gasteiger partial charge in [-0.05, 0) is 24.7 Å². The Kier molecular flexibility index (Phi) is 2.06. The van der Waals surface area contributed by atoms with Crippen LogP contribution in [0.4, 0.5) is 0 Å². The Morgan fingerprint density at radius 2 is 2.33 bits per heavy atom. The molecule has 0 heterocycles. The molecule has 1 fully saturated rings. The number of nitrogens with two attached hydrogens (primary N) is 1. The fourth-order valence-corrected chi connectivity index (χ4v) is 1.41. The van der Waals surface area contributed by atoms with Gasteiger partial charge in [-0.15, -0.1) is 0 Å². The fourth-order valence-electron chi connectivity index (χ4n) is 1.15. The van der Waals surface area contributed by atoms with Crippen molar-refractivity contribution in [3.8, 4) is 0 Å². The van der Waals surface area contributed by atoms with Gasteiger partial charge in [0, 0.05) is 6.42 Å². The highest BCUT2D eigenvalue weighted by molar-refractivity contribution is 7.80. The molecular weight excluding hydrogens is 130 g/mol. The molecule has 1 nitrogen and oxygen atoms in total. The van der Waals surface area contributed by atoms with Gasteiger partial charge in [-0.2, -0.15) is 0 Å². The first-order chi connectivity index (χ1) is 4.20. The molecule has 0 amide bonds. The van der Waals surface area contributed by atoms with Crippen molar-refractivity contribution in [1.82, 2.24) is 0 Å². The molecule has 2 heteroatoms. The molecule has 0 aliphatic heterocycles. The topological polar surface area (TPSA) is 26.0 Å². The van der Waals surface area contributed by atoms with Crippen LogP contribution < -0.4 is 5.73 Å². The highest BCUT2D eigenvalue weighted by Crippen LogP contribution is 2.37. The van der Waals surface area contributed by atoms with E-state index in [1.807, 2.05) is 0 Å². The van der Waals surface area contributed by atoms with Crippen molar-refractivity contribution in [3.05, 3.63) is 0 Å². The van der Waals surface area contributed by atoms with Crippen LogP contribution in [-0.4, -0.2) is 4.99 Å². The monoisotopic (exact) mass is 143 g/mol. The first-order valence-electron chi connectivity index (χ1n) is 3.48. The number of hydrogen-bond donors (Lipinski definition) is 1. The van der Waals surface area contributed by atoms with E-state index in [0.717, 1.165) is 18.3 Å². The van der Waals surface area contributed by atoms with Crippen molar-refractivity contribution in [3.63, 3.8) is 0 Å². The standard InChI is InChI=1S/C7H13NS/c1-5(4-7(8)9)6-2-3-6/h5-6H,2-4H2,1H3,(H2,8,9). The minimum absolute atomic E-state index is 0.675. The van der Waals surface area contributed by atoms with Crippen LogP contribution in [0.1, 0.15) is 26.2 Å².